The molecule has 0 unspecified atom stereocenters. The molecule has 3 aromatic rings. The fourth-order valence-corrected chi connectivity index (χ4v) is 3.27. The van der Waals surface area contributed by atoms with E-state index in [0.29, 0.717) is 22.2 Å². The SMILES string of the molecule is Cn1nnnc1Sc1ccc(Br)cc1NC(=O)COc1ccccc1C#N. The number of hydrogen-bond donors (Lipinski definition) is 1. The zero-order valence-electron chi connectivity index (χ0n) is 14.1. The Bertz CT molecular complexity index is 1020. The van der Waals surface area contributed by atoms with Crippen LogP contribution in [-0.2, 0) is 11.8 Å². The fraction of sp³-hybridized carbons (Fsp3) is 0.118. The summed E-state index contributed by atoms with van der Waals surface area (Å²) in [4.78, 5) is 13.1. The maximum absolute atomic E-state index is 12.3. The van der Waals surface area contributed by atoms with E-state index in [2.05, 4.69) is 36.8 Å². The predicted octanol–water partition coefficient (Wildman–Crippen LogP) is 3.01. The summed E-state index contributed by atoms with van der Waals surface area (Å²) < 4.78 is 7.82. The van der Waals surface area contributed by atoms with Gasteiger partial charge in [0.15, 0.2) is 6.61 Å². The third kappa shape index (κ3) is 4.84. The molecule has 0 aliphatic rings. The van der Waals surface area contributed by atoms with Gasteiger partial charge in [0.1, 0.15) is 11.8 Å². The van der Waals surface area contributed by atoms with Crippen LogP contribution in [-0.4, -0.2) is 32.7 Å². The van der Waals surface area contributed by atoms with E-state index in [9.17, 15) is 4.79 Å². The Morgan fingerprint density at radius 2 is 2.19 bits per heavy atom. The van der Waals surface area contributed by atoms with Gasteiger partial charge in [0.05, 0.1) is 11.3 Å². The van der Waals surface area contributed by atoms with Crippen molar-refractivity contribution >= 4 is 39.3 Å². The Balaban J connectivity index is 1.71. The van der Waals surface area contributed by atoms with Crippen LogP contribution in [0.15, 0.2) is 57.0 Å². The summed E-state index contributed by atoms with van der Waals surface area (Å²) in [6.45, 7) is -0.221. The number of benzene rings is 2. The van der Waals surface area contributed by atoms with Crippen molar-refractivity contribution in [1.29, 1.82) is 5.26 Å². The first-order valence-electron chi connectivity index (χ1n) is 7.68. The van der Waals surface area contributed by atoms with Crippen LogP contribution in [0.25, 0.3) is 0 Å². The summed E-state index contributed by atoms with van der Waals surface area (Å²) in [5, 5.41) is 23.8. The molecule has 136 valence electrons. The minimum Gasteiger partial charge on any atom is -0.482 e. The van der Waals surface area contributed by atoms with Crippen molar-refractivity contribution in [3.05, 3.63) is 52.5 Å². The number of halogens is 1. The number of nitriles is 1. The molecule has 10 heteroatoms. The number of carbonyl (C=O) groups excluding carboxylic acids is 1. The number of nitrogens with one attached hydrogen (secondary N) is 1. The van der Waals surface area contributed by atoms with Crippen LogP contribution in [0, 0.1) is 11.3 Å². The van der Waals surface area contributed by atoms with E-state index in [-0.39, 0.29) is 12.5 Å². The van der Waals surface area contributed by atoms with Crippen LogP contribution in [0.1, 0.15) is 5.56 Å². The average molecular weight is 445 g/mol. The number of ether oxygens (including phenoxy) is 1. The molecule has 0 fully saturated rings. The second-order valence-electron chi connectivity index (χ2n) is 5.27. The molecular weight excluding hydrogens is 432 g/mol. The van der Waals surface area contributed by atoms with Gasteiger partial charge in [-0.3, -0.25) is 4.79 Å². The highest BCUT2D eigenvalue weighted by molar-refractivity contribution is 9.10. The van der Waals surface area contributed by atoms with Crippen molar-refractivity contribution in [2.75, 3.05) is 11.9 Å². The van der Waals surface area contributed by atoms with Gasteiger partial charge >= 0.3 is 0 Å². The van der Waals surface area contributed by atoms with E-state index in [1.807, 2.05) is 18.2 Å². The van der Waals surface area contributed by atoms with E-state index in [1.165, 1.54) is 11.8 Å². The molecule has 0 atom stereocenters. The number of rotatable bonds is 6. The van der Waals surface area contributed by atoms with Gasteiger partial charge in [-0.1, -0.05) is 28.1 Å². The fourth-order valence-electron chi connectivity index (χ4n) is 2.11. The van der Waals surface area contributed by atoms with Crippen LogP contribution >= 0.6 is 27.7 Å². The number of hydrogen-bond acceptors (Lipinski definition) is 7. The first-order chi connectivity index (χ1) is 13.1. The van der Waals surface area contributed by atoms with E-state index in [4.69, 9.17) is 10.00 Å². The number of nitrogens with zero attached hydrogens (tertiary/aromatic N) is 5. The predicted molar refractivity (Wildman–Crippen MR) is 102 cm³/mol. The topological polar surface area (TPSA) is 106 Å². The zero-order chi connectivity index (χ0) is 19.2. The Morgan fingerprint density at radius 3 is 2.93 bits per heavy atom. The quantitative estimate of drug-likeness (QED) is 0.622. The third-order valence-electron chi connectivity index (χ3n) is 3.36. The highest BCUT2D eigenvalue weighted by atomic mass is 79.9. The van der Waals surface area contributed by atoms with Crippen LogP contribution in [0.3, 0.4) is 0 Å². The average Bonchev–Trinajstić information content (AvgIpc) is 3.07. The van der Waals surface area contributed by atoms with Gasteiger partial charge in [-0.25, -0.2) is 4.68 Å². The second kappa shape index (κ2) is 8.66. The molecule has 27 heavy (non-hydrogen) atoms. The van der Waals surface area contributed by atoms with Gasteiger partial charge in [0.25, 0.3) is 5.91 Å². The van der Waals surface area contributed by atoms with Gasteiger partial charge in [-0.2, -0.15) is 5.26 Å². The molecule has 1 aromatic heterocycles. The molecule has 1 amide bonds. The number of para-hydroxylation sites is 1. The monoisotopic (exact) mass is 444 g/mol. The van der Waals surface area contributed by atoms with Crippen molar-refractivity contribution < 1.29 is 9.53 Å². The number of tetrazole rings is 1. The standard InChI is InChI=1S/C17H13BrN6O2S/c1-24-17(21-22-23-24)27-15-7-6-12(18)8-13(15)20-16(25)10-26-14-5-3-2-4-11(14)9-19/h2-8H,10H2,1H3,(H,20,25). The number of carbonyl (C=O) groups is 1. The molecule has 0 spiro atoms. The summed E-state index contributed by atoms with van der Waals surface area (Å²) in [5.41, 5.74) is 0.971. The molecule has 3 rings (SSSR count). The molecule has 1 heterocycles. The number of amides is 1. The number of anilines is 1. The van der Waals surface area contributed by atoms with Crippen LogP contribution < -0.4 is 10.1 Å². The van der Waals surface area contributed by atoms with Crippen molar-refractivity contribution in [2.24, 2.45) is 7.05 Å². The van der Waals surface area contributed by atoms with Gasteiger partial charge in [0, 0.05) is 16.4 Å². The van der Waals surface area contributed by atoms with Gasteiger partial charge in [-0.15, -0.1) is 5.10 Å². The largest absolute Gasteiger partial charge is 0.482 e. The Morgan fingerprint density at radius 1 is 1.37 bits per heavy atom. The van der Waals surface area contributed by atoms with Crippen LogP contribution in [0.4, 0.5) is 5.69 Å². The van der Waals surface area contributed by atoms with E-state index < -0.39 is 0 Å². The molecule has 0 aliphatic heterocycles. The summed E-state index contributed by atoms with van der Waals surface area (Å²) in [5.74, 6) is 0.0166. The Labute approximate surface area is 167 Å². The van der Waals surface area contributed by atoms with E-state index in [0.717, 1.165) is 9.37 Å². The minimum atomic E-state index is -0.348. The molecule has 0 radical (unpaired) electrons. The summed E-state index contributed by atoms with van der Waals surface area (Å²) in [6.07, 6.45) is 0. The van der Waals surface area contributed by atoms with Gasteiger partial charge < -0.3 is 10.1 Å². The van der Waals surface area contributed by atoms with Crippen molar-refractivity contribution in [1.82, 2.24) is 20.2 Å². The van der Waals surface area contributed by atoms with Crippen LogP contribution in [0.2, 0.25) is 0 Å². The lowest BCUT2D eigenvalue weighted by Gasteiger charge is -2.12. The normalized spacial score (nSPS) is 10.3. The van der Waals surface area contributed by atoms with Gasteiger partial charge in [0.2, 0.25) is 5.16 Å². The van der Waals surface area contributed by atoms with E-state index in [1.54, 1.807) is 42.1 Å². The first kappa shape index (κ1) is 18.9. The van der Waals surface area contributed by atoms with Crippen molar-refractivity contribution in [2.45, 2.75) is 10.1 Å². The molecule has 0 aliphatic carbocycles. The maximum Gasteiger partial charge on any atom is 0.262 e. The second-order valence-corrected chi connectivity index (χ2v) is 7.20. The molecule has 2 aromatic carbocycles. The van der Waals surface area contributed by atoms with Crippen LogP contribution in [0.5, 0.6) is 5.75 Å². The molecular formula is C17H13BrN6O2S. The highest BCUT2D eigenvalue weighted by Gasteiger charge is 2.13. The Hall–Kier alpha value is -2.90. The summed E-state index contributed by atoms with van der Waals surface area (Å²) in [7, 11) is 1.74. The molecule has 0 bridgehead atoms. The summed E-state index contributed by atoms with van der Waals surface area (Å²) in [6, 6.07) is 14.3. The van der Waals surface area contributed by atoms with Gasteiger partial charge in [-0.05, 0) is 52.5 Å². The molecule has 0 saturated carbocycles. The third-order valence-corrected chi connectivity index (χ3v) is 4.96. The minimum absolute atomic E-state index is 0.221. The maximum atomic E-state index is 12.3. The van der Waals surface area contributed by atoms with E-state index >= 15 is 0 Å². The molecule has 1 N–H and O–H groups in total. The molecule has 0 saturated heterocycles. The first-order valence-corrected chi connectivity index (χ1v) is 9.29. The number of aryl methyl sites for hydroxylation is 1. The lowest BCUT2D eigenvalue weighted by atomic mass is 10.2. The van der Waals surface area contributed by atoms with Crippen molar-refractivity contribution in [3.8, 4) is 11.8 Å². The lowest BCUT2D eigenvalue weighted by Crippen LogP contribution is -2.20. The molecule has 8 nitrogen and oxygen atoms in total. The van der Waals surface area contributed by atoms with Crippen molar-refractivity contribution in [3.63, 3.8) is 0 Å². The highest BCUT2D eigenvalue weighted by Crippen LogP contribution is 2.33. The lowest BCUT2D eigenvalue weighted by molar-refractivity contribution is -0.118. The Kier molecular flexibility index (Phi) is 6.05. The zero-order valence-corrected chi connectivity index (χ0v) is 16.5. The number of aromatic nitrogens is 4. The summed E-state index contributed by atoms with van der Waals surface area (Å²) >= 11 is 4.73. The smallest absolute Gasteiger partial charge is 0.262 e.